The minimum atomic E-state index is -2.92. The molecule has 3 aromatic rings. The second-order valence-electron chi connectivity index (χ2n) is 11.5. The van der Waals surface area contributed by atoms with Crippen LogP contribution in [0.15, 0.2) is 54.6 Å². The van der Waals surface area contributed by atoms with Gasteiger partial charge in [0.1, 0.15) is 17.6 Å². The fraction of sp³-hybridized carbons (Fsp3) is 0.455. The third-order valence-electron chi connectivity index (χ3n) is 8.92. The van der Waals surface area contributed by atoms with Gasteiger partial charge in [-0.15, -0.1) is 0 Å². The molecule has 1 atom stereocenters. The highest BCUT2D eigenvalue weighted by molar-refractivity contribution is 5.68. The second kappa shape index (κ2) is 12.2. The minimum absolute atomic E-state index is 0.00365. The first-order valence-electron chi connectivity index (χ1n) is 14.9. The van der Waals surface area contributed by atoms with Crippen LogP contribution in [-0.4, -0.2) is 61.9 Å². The van der Waals surface area contributed by atoms with E-state index in [0.717, 1.165) is 80.5 Å². The van der Waals surface area contributed by atoms with Crippen molar-refractivity contribution in [1.82, 2.24) is 15.2 Å². The van der Waals surface area contributed by atoms with Crippen LogP contribution in [0, 0.1) is 11.3 Å². The number of benzene rings is 2. The molecule has 0 unspecified atom stereocenters. The number of anilines is 1. The molecule has 9 heteroatoms. The second-order valence-corrected chi connectivity index (χ2v) is 11.5. The molecule has 0 saturated carbocycles. The standard InChI is InChI=1S/C33H37F2N5O2/c1-2-41-31-8-4-3-7-26(31)28-11-10-27-29(38-28)21-39(20-24-6-5-15-37-24)22-33(27)13-16-40(17-14-33)30-12-9-25(42-32(34)35)18-23(30)19-36/h3-4,7-12,18,24,32,37H,2,5-6,13-17,20-22H2,1H3/t24-/m1/s1. The van der Waals surface area contributed by atoms with Crippen LogP contribution in [0.5, 0.6) is 11.5 Å². The van der Waals surface area contributed by atoms with Gasteiger partial charge < -0.3 is 19.7 Å². The number of rotatable bonds is 8. The fourth-order valence-electron chi connectivity index (χ4n) is 7.01. The molecule has 42 heavy (non-hydrogen) atoms. The van der Waals surface area contributed by atoms with E-state index in [1.807, 2.05) is 25.1 Å². The fourth-order valence-corrected chi connectivity index (χ4v) is 7.01. The van der Waals surface area contributed by atoms with E-state index in [4.69, 9.17) is 9.72 Å². The first kappa shape index (κ1) is 28.4. The van der Waals surface area contributed by atoms with Crippen molar-refractivity contribution < 1.29 is 18.3 Å². The lowest BCUT2D eigenvalue weighted by atomic mass is 9.69. The number of hydrogen-bond donors (Lipinski definition) is 1. The van der Waals surface area contributed by atoms with E-state index in [2.05, 4.69) is 44.1 Å². The van der Waals surface area contributed by atoms with E-state index in [1.165, 1.54) is 30.5 Å². The Labute approximate surface area is 246 Å². The SMILES string of the molecule is CCOc1ccccc1-c1ccc2c(n1)CN(C[C@H]1CCCN1)CC21CCN(c2ccc(OC(F)F)cc2C#N)CC1. The van der Waals surface area contributed by atoms with Crippen LogP contribution >= 0.6 is 0 Å². The Morgan fingerprint density at radius 1 is 1.14 bits per heavy atom. The molecular weight excluding hydrogens is 536 g/mol. The number of aromatic nitrogens is 1. The van der Waals surface area contributed by atoms with E-state index >= 15 is 0 Å². The lowest BCUT2D eigenvalue weighted by Crippen LogP contribution is -2.54. The summed E-state index contributed by atoms with van der Waals surface area (Å²) < 4.78 is 35.9. The molecule has 2 saturated heterocycles. The smallest absolute Gasteiger partial charge is 0.387 e. The first-order chi connectivity index (χ1) is 20.5. The van der Waals surface area contributed by atoms with Gasteiger partial charge in [-0.3, -0.25) is 9.88 Å². The molecule has 7 nitrogen and oxygen atoms in total. The van der Waals surface area contributed by atoms with Gasteiger partial charge in [0, 0.05) is 55.8 Å². The third kappa shape index (κ3) is 5.79. The Morgan fingerprint density at radius 3 is 2.71 bits per heavy atom. The van der Waals surface area contributed by atoms with Gasteiger partial charge in [0.05, 0.1) is 29.2 Å². The number of hydrogen-bond acceptors (Lipinski definition) is 7. The van der Waals surface area contributed by atoms with Gasteiger partial charge in [-0.2, -0.15) is 14.0 Å². The Kier molecular flexibility index (Phi) is 8.27. The summed E-state index contributed by atoms with van der Waals surface area (Å²) in [7, 11) is 0. The predicted molar refractivity (Wildman–Crippen MR) is 158 cm³/mol. The molecular formula is C33H37F2N5O2. The summed E-state index contributed by atoms with van der Waals surface area (Å²) in [6.07, 6.45) is 4.23. The number of nitrogens with zero attached hydrogens (tertiary/aromatic N) is 4. The summed E-state index contributed by atoms with van der Waals surface area (Å²) in [5, 5.41) is 13.4. The topological polar surface area (TPSA) is 73.7 Å². The van der Waals surface area contributed by atoms with Gasteiger partial charge >= 0.3 is 6.61 Å². The number of nitrogens with one attached hydrogen (secondary N) is 1. The number of piperidine rings is 1. The Morgan fingerprint density at radius 2 is 1.98 bits per heavy atom. The van der Waals surface area contributed by atoms with Crippen molar-refractivity contribution in [2.45, 2.75) is 57.2 Å². The quantitative estimate of drug-likeness (QED) is 0.369. The molecule has 3 aliphatic heterocycles. The monoisotopic (exact) mass is 573 g/mol. The van der Waals surface area contributed by atoms with Crippen molar-refractivity contribution in [2.24, 2.45) is 0 Å². The molecule has 2 aromatic carbocycles. The van der Waals surface area contributed by atoms with Crippen molar-refractivity contribution in [3.63, 3.8) is 0 Å². The van der Waals surface area contributed by atoms with Crippen molar-refractivity contribution in [2.75, 3.05) is 44.2 Å². The summed E-state index contributed by atoms with van der Waals surface area (Å²) in [6.45, 7) is 5.04. The van der Waals surface area contributed by atoms with E-state index in [9.17, 15) is 14.0 Å². The van der Waals surface area contributed by atoms with Gasteiger partial charge in [-0.1, -0.05) is 18.2 Å². The Bertz CT molecular complexity index is 1440. The predicted octanol–water partition coefficient (Wildman–Crippen LogP) is 5.73. The summed E-state index contributed by atoms with van der Waals surface area (Å²) in [5.74, 6) is 0.848. The lowest BCUT2D eigenvalue weighted by Gasteiger charge is -2.49. The molecule has 0 bridgehead atoms. The molecule has 1 aromatic heterocycles. The molecule has 6 rings (SSSR count). The molecule has 0 aliphatic carbocycles. The average Bonchev–Trinajstić information content (AvgIpc) is 3.50. The van der Waals surface area contributed by atoms with Gasteiger partial charge in [0.15, 0.2) is 0 Å². The molecule has 4 heterocycles. The van der Waals surface area contributed by atoms with Crippen LogP contribution in [-0.2, 0) is 12.0 Å². The maximum absolute atomic E-state index is 12.7. The van der Waals surface area contributed by atoms with Crippen LogP contribution in [0.1, 0.15) is 49.4 Å². The molecule has 3 aliphatic rings. The molecule has 2 fully saturated rings. The van der Waals surface area contributed by atoms with E-state index in [0.29, 0.717) is 18.2 Å². The number of ether oxygens (including phenoxy) is 2. The maximum Gasteiger partial charge on any atom is 0.387 e. The highest BCUT2D eigenvalue weighted by Crippen LogP contribution is 2.44. The molecule has 1 N–H and O–H groups in total. The van der Waals surface area contributed by atoms with Gasteiger partial charge in [0.25, 0.3) is 0 Å². The number of nitriles is 1. The third-order valence-corrected chi connectivity index (χ3v) is 8.92. The number of pyridine rings is 1. The minimum Gasteiger partial charge on any atom is -0.493 e. The zero-order valence-corrected chi connectivity index (χ0v) is 24.0. The molecule has 0 amide bonds. The van der Waals surface area contributed by atoms with Crippen molar-refractivity contribution in [3.05, 3.63) is 71.4 Å². The van der Waals surface area contributed by atoms with Crippen LogP contribution in [0.2, 0.25) is 0 Å². The van der Waals surface area contributed by atoms with Gasteiger partial charge in [0.2, 0.25) is 0 Å². The maximum atomic E-state index is 12.7. The summed E-state index contributed by atoms with van der Waals surface area (Å²) in [5.41, 5.74) is 5.43. The Balaban J connectivity index is 1.29. The largest absolute Gasteiger partial charge is 0.493 e. The first-order valence-corrected chi connectivity index (χ1v) is 14.9. The van der Waals surface area contributed by atoms with E-state index < -0.39 is 6.61 Å². The molecule has 1 spiro atoms. The molecule has 0 radical (unpaired) electrons. The molecule has 220 valence electrons. The van der Waals surface area contributed by atoms with Crippen molar-refractivity contribution in [3.8, 4) is 28.8 Å². The van der Waals surface area contributed by atoms with E-state index in [1.54, 1.807) is 6.07 Å². The van der Waals surface area contributed by atoms with Gasteiger partial charge in [-0.25, -0.2) is 0 Å². The normalized spacial score (nSPS) is 20.0. The van der Waals surface area contributed by atoms with Crippen LogP contribution in [0.25, 0.3) is 11.3 Å². The zero-order chi connectivity index (χ0) is 29.1. The van der Waals surface area contributed by atoms with Crippen LogP contribution < -0.4 is 19.7 Å². The summed E-state index contributed by atoms with van der Waals surface area (Å²) in [4.78, 5) is 10.0. The van der Waals surface area contributed by atoms with Crippen molar-refractivity contribution in [1.29, 1.82) is 5.26 Å². The summed E-state index contributed by atoms with van der Waals surface area (Å²) >= 11 is 0. The van der Waals surface area contributed by atoms with Crippen LogP contribution in [0.4, 0.5) is 14.5 Å². The van der Waals surface area contributed by atoms with Gasteiger partial charge in [-0.05, 0) is 75.0 Å². The highest BCUT2D eigenvalue weighted by Gasteiger charge is 2.43. The van der Waals surface area contributed by atoms with Crippen LogP contribution in [0.3, 0.4) is 0 Å². The van der Waals surface area contributed by atoms with Crippen molar-refractivity contribution >= 4 is 5.69 Å². The average molecular weight is 574 g/mol. The number of para-hydroxylation sites is 1. The number of fused-ring (bicyclic) bond motifs is 2. The van der Waals surface area contributed by atoms with E-state index in [-0.39, 0.29) is 11.2 Å². The number of alkyl halides is 2. The number of halogens is 2. The Hall–Kier alpha value is -3.74. The lowest BCUT2D eigenvalue weighted by molar-refractivity contribution is -0.0498. The highest BCUT2D eigenvalue weighted by atomic mass is 19.3. The zero-order valence-electron chi connectivity index (χ0n) is 24.0. The summed E-state index contributed by atoms with van der Waals surface area (Å²) in [6, 6.07) is 19.8.